The highest BCUT2D eigenvalue weighted by Crippen LogP contribution is 2.40. The van der Waals surface area contributed by atoms with Crippen molar-refractivity contribution in [1.82, 2.24) is 25.1 Å². The molecule has 0 radical (unpaired) electrons. The van der Waals surface area contributed by atoms with E-state index in [-0.39, 0.29) is 30.2 Å². The number of carbonyl (C=O) groups is 3. The Balaban J connectivity index is 0.997. The minimum atomic E-state index is -0.604. The second-order valence-electron chi connectivity index (χ2n) is 11.5. The number of hydrogen-bond donors (Lipinski definition) is 1. The molecule has 1 aromatic carbocycles. The summed E-state index contributed by atoms with van der Waals surface area (Å²) in [5, 5.41) is 2.36. The van der Waals surface area contributed by atoms with E-state index in [0.29, 0.717) is 36.4 Å². The smallest absolute Gasteiger partial charge is 0.255 e. The zero-order valence-corrected chi connectivity index (χ0v) is 21.5. The predicted molar refractivity (Wildman–Crippen MR) is 137 cm³/mol. The third-order valence-corrected chi connectivity index (χ3v) is 8.93. The van der Waals surface area contributed by atoms with Crippen molar-refractivity contribution >= 4 is 17.7 Å². The van der Waals surface area contributed by atoms with Crippen molar-refractivity contribution in [3.63, 3.8) is 0 Å². The molecule has 9 nitrogen and oxygen atoms in total. The SMILES string of the molecule is O=C1CC[C@H](N2Cc3cc(O[C@@H]4CCCC[C@H]4N4CC(c5ncc(C6CC6)cn5)C4)ccc3C2=O)C(=O)N1. The van der Waals surface area contributed by atoms with Gasteiger partial charge in [0.25, 0.3) is 5.91 Å². The maximum absolute atomic E-state index is 13.0. The molecule has 1 aromatic heterocycles. The molecule has 0 bridgehead atoms. The Kier molecular flexibility index (Phi) is 5.91. The van der Waals surface area contributed by atoms with E-state index in [1.165, 1.54) is 24.8 Å². The Morgan fingerprint density at radius 1 is 0.921 bits per heavy atom. The molecule has 7 rings (SSSR count). The van der Waals surface area contributed by atoms with Crippen LogP contribution in [-0.2, 0) is 16.1 Å². The molecule has 3 aliphatic heterocycles. The molecule has 2 saturated heterocycles. The molecule has 9 heteroatoms. The first-order chi connectivity index (χ1) is 18.5. The minimum absolute atomic E-state index is 0.101. The Hall–Kier alpha value is -3.33. The molecule has 2 aliphatic carbocycles. The topological polar surface area (TPSA) is 105 Å². The molecule has 2 saturated carbocycles. The molecule has 1 N–H and O–H groups in total. The number of imide groups is 1. The Morgan fingerprint density at radius 2 is 1.71 bits per heavy atom. The van der Waals surface area contributed by atoms with Crippen LogP contribution in [0.2, 0.25) is 0 Å². The lowest BCUT2D eigenvalue weighted by atomic mass is 9.86. The molecule has 2 aromatic rings. The van der Waals surface area contributed by atoms with Crippen LogP contribution in [0.4, 0.5) is 0 Å². The number of fused-ring (bicyclic) bond motifs is 1. The van der Waals surface area contributed by atoms with Gasteiger partial charge in [-0.05, 0) is 73.8 Å². The van der Waals surface area contributed by atoms with Gasteiger partial charge in [-0.15, -0.1) is 0 Å². The molecule has 3 amide bonds. The van der Waals surface area contributed by atoms with Gasteiger partial charge in [-0.3, -0.25) is 24.6 Å². The van der Waals surface area contributed by atoms with E-state index < -0.39 is 6.04 Å². The average Bonchev–Trinajstić information content (AvgIpc) is 3.69. The van der Waals surface area contributed by atoms with E-state index in [4.69, 9.17) is 4.74 Å². The number of piperidine rings is 1. The molecule has 198 valence electrons. The van der Waals surface area contributed by atoms with Crippen LogP contribution in [0.25, 0.3) is 0 Å². The molecule has 3 atom stereocenters. The number of rotatable bonds is 6. The maximum atomic E-state index is 13.0. The molecule has 4 heterocycles. The van der Waals surface area contributed by atoms with Crippen LogP contribution < -0.4 is 10.1 Å². The van der Waals surface area contributed by atoms with Gasteiger partial charge in [0.2, 0.25) is 11.8 Å². The number of carbonyl (C=O) groups excluding carboxylic acids is 3. The predicted octanol–water partition coefficient (Wildman–Crippen LogP) is 2.90. The number of nitrogens with one attached hydrogen (secondary N) is 1. The Bertz CT molecular complexity index is 1270. The van der Waals surface area contributed by atoms with Crippen LogP contribution in [0.3, 0.4) is 0 Å². The van der Waals surface area contributed by atoms with Crippen molar-refractivity contribution < 1.29 is 19.1 Å². The zero-order chi connectivity index (χ0) is 25.8. The van der Waals surface area contributed by atoms with Gasteiger partial charge in [0.05, 0.1) is 0 Å². The molecule has 0 unspecified atom stereocenters. The van der Waals surface area contributed by atoms with Crippen LogP contribution in [-0.4, -0.2) is 68.8 Å². The Morgan fingerprint density at radius 3 is 2.47 bits per heavy atom. The number of hydrogen-bond acceptors (Lipinski definition) is 7. The summed E-state index contributed by atoms with van der Waals surface area (Å²) in [5.41, 5.74) is 2.77. The quantitative estimate of drug-likeness (QED) is 0.590. The number of likely N-dealkylation sites (tertiary alicyclic amines) is 1. The van der Waals surface area contributed by atoms with Gasteiger partial charge in [-0.1, -0.05) is 6.42 Å². The number of nitrogens with zero attached hydrogens (tertiary/aromatic N) is 4. The van der Waals surface area contributed by atoms with Crippen LogP contribution in [0.5, 0.6) is 5.75 Å². The summed E-state index contributed by atoms with van der Waals surface area (Å²) < 4.78 is 6.56. The van der Waals surface area contributed by atoms with Crippen molar-refractivity contribution in [2.24, 2.45) is 0 Å². The van der Waals surface area contributed by atoms with E-state index in [0.717, 1.165) is 49.5 Å². The monoisotopic (exact) mass is 515 g/mol. The van der Waals surface area contributed by atoms with Gasteiger partial charge in [-0.25, -0.2) is 9.97 Å². The molecule has 0 spiro atoms. The second kappa shape index (κ2) is 9.45. The summed E-state index contributed by atoms with van der Waals surface area (Å²) in [5.74, 6) is 1.98. The van der Waals surface area contributed by atoms with E-state index in [1.54, 1.807) is 4.90 Å². The lowest BCUT2D eigenvalue weighted by molar-refractivity contribution is -0.136. The minimum Gasteiger partial charge on any atom is -0.489 e. The van der Waals surface area contributed by atoms with Crippen molar-refractivity contribution in [3.8, 4) is 5.75 Å². The van der Waals surface area contributed by atoms with Gasteiger partial charge in [0, 0.05) is 56.0 Å². The summed E-state index contributed by atoms with van der Waals surface area (Å²) in [7, 11) is 0. The number of benzene rings is 1. The number of aromatic nitrogens is 2. The Labute approximate surface area is 222 Å². The van der Waals surface area contributed by atoms with Gasteiger partial charge in [-0.2, -0.15) is 0 Å². The van der Waals surface area contributed by atoms with Crippen LogP contribution in [0.15, 0.2) is 30.6 Å². The normalized spacial score (nSPS) is 28.2. The number of amides is 3. The highest BCUT2D eigenvalue weighted by Gasteiger charge is 2.42. The third kappa shape index (κ3) is 4.36. The molecular weight excluding hydrogens is 482 g/mol. The van der Waals surface area contributed by atoms with Crippen molar-refractivity contribution in [1.29, 1.82) is 0 Å². The van der Waals surface area contributed by atoms with Crippen molar-refractivity contribution in [3.05, 3.63) is 53.1 Å². The fourth-order valence-corrected chi connectivity index (χ4v) is 6.56. The number of ether oxygens (including phenoxy) is 1. The standard InChI is InChI=1S/C29H33N5O4/c35-26-10-9-24(28(36)32-26)34-16-18-11-21(7-8-22(18)29(34)37)38-25-4-2-1-3-23(25)33-14-20(15-33)27-30-12-19(13-31-27)17-5-6-17/h7-8,11-13,17,20,23-25H,1-6,9-10,14-16H2,(H,32,35,36)/t23-,24+,25-/m1/s1. The summed E-state index contributed by atoms with van der Waals surface area (Å²) in [6.07, 6.45) is 11.8. The van der Waals surface area contributed by atoms with Gasteiger partial charge < -0.3 is 9.64 Å². The van der Waals surface area contributed by atoms with E-state index in [2.05, 4.69) is 20.2 Å². The van der Waals surface area contributed by atoms with Crippen LogP contribution in [0.1, 0.15) is 90.5 Å². The van der Waals surface area contributed by atoms with E-state index in [1.807, 2.05) is 30.6 Å². The fraction of sp³-hybridized carbons (Fsp3) is 0.552. The van der Waals surface area contributed by atoms with Crippen molar-refractivity contribution in [2.45, 2.75) is 87.9 Å². The van der Waals surface area contributed by atoms with Gasteiger partial charge in [0.15, 0.2) is 0 Å². The summed E-state index contributed by atoms with van der Waals surface area (Å²) in [6.45, 7) is 2.29. The highest BCUT2D eigenvalue weighted by molar-refractivity contribution is 6.05. The average molecular weight is 516 g/mol. The third-order valence-electron chi connectivity index (χ3n) is 8.93. The van der Waals surface area contributed by atoms with Gasteiger partial charge in [0.1, 0.15) is 23.7 Å². The zero-order valence-electron chi connectivity index (χ0n) is 21.5. The first kappa shape index (κ1) is 23.8. The lowest BCUT2D eigenvalue weighted by Crippen LogP contribution is -2.57. The molecule has 38 heavy (non-hydrogen) atoms. The molecule has 5 aliphatic rings. The largest absolute Gasteiger partial charge is 0.489 e. The van der Waals surface area contributed by atoms with Crippen LogP contribution >= 0.6 is 0 Å². The van der Waals surface area contributed by atoms with Crippen LogP contribution in [0, 0.1) is 0 Å². The second-order valence-corrected chi connectivity index (χ2v) is 11.5. The fourth-order valence-electron chi connectivity index (χ4n) is 6.56. The summed E-state index contributed by atoms with van der Waals surface area (Å²) >= 11 is 0. The summed E-state index contributed by atoms with van der Waals surface area (Å²) in [6, 6.07) is 5.41. The first-order valence-corrected chi connectivity index (χ1v) is 14.0. The summed E-state index contributed by atoms with van der Waals surface area (Å²) in [4.78, 5) is 50.3. The first-order valence-electron chi connectivity index (χ1n) is 14.0. The van der Waals surface area contributed by atoms with E-state index >= 15 is 0 Å². The van der Waals surface area contributed by atoms with E-state index in [9.17, 15) is 14.4 Å². The lowest BCUT2D eigenvalue weighted by Gasteiger charge is -2.47. The maximum Gasteiger partial charge on any atom is 0.255 e. The van der Waals surface area contributed by atoms with Gasteiger partial charge >= 0.3 is 0 Å². The molecule has 4 fully saturated rings. The van der Waals surface area contributed by atoms with Crippen molar-refractivity contribution in [2.75, 3.05) is 13.1 Å². The highest BCUT2D eigenvalue weighted by atomic mass is 16.5. The molecular formula is C29H33N5O4.